The molecule has 30 heavy (non-hydrogen) atoms. The standard InChI is InChI=1S/C25H31N5/c1-17-8-7-9-22(18(17)2)23(24-10-5-4-6-15-26-24)16-20-11-13-21(14-12-20)19(3)25-27-29-30-28-25/h7-15,19,23,29-30H,4-6,16H2,1-3H3,(H,27,28). The molecule has 2 aliphatic heterocycles. The second-order valence-electron chi connectivity index (χ2n) is 8.24. The van der Waals surface area contributed by atoms with Crippen LogP contribution in [0.1, 0.15) is 65.8 Å². The highest BCUT2D eigenvalue weighted by atomic mass is 15.8. The summed E-state index contributed by atoms with van der Waals surface area (Å²) in [7, 11) is 0. The van der Waals surface area contributed by atoms with E-state index in [0.29, 0.717) is 0 Å². The second-order valence-corrected chi connectivity index (χ2v) is 8.24. The lowest BCUT2D eigenvalue weighted by atomic mass is 9.84. The number of hydrazine groups is 2. The molecular formula is C25H31N5. The van der Waals surface area contributed by atoms with Crippen LogP contribution in [0.3, 0.4) is 0 Å². The van der Waals surface area contributed by atoms with E-state index >= 15 is 0 Å². The summed E-state index contributed by atoms with van der Waals surface area (Å²) in [6.45, 7) is 6.58. The smallest absolute Gasteiger partial charge is 0.146 e. The van der Waals surface area contributed by atoms with Crippen molar-refractivity contribution >= 4 is 12.1 Å². The minimum absolute atomic E-state index is 0.200. The predicted molar refractivity (Wildman–Crippen MR) is 124 cm³/mol. The molecule has 4 rings (SSSR count). The molecule has 156 valence electrons. The zero-order chi connectivity index (χ0) is 20.9. The predicted octanol–water partition coefficient (Wildman–Crippen LogP) is 4.80. The van der Waals surface area contributed by atoms with Crippen molar-refractivity contribution in [1.29, 1.82) is 0 Å². The fourth-order valence-electron chi connectivity index (χ4n) is 4.19. The van der Waals surface area contributed by atoms with Crippen LogP contribution in [0.15, 0.2) is 64.3 Å². The van der Waals surface area contributed by atoms with Gasteiger partial charge >= 0.3 is 0 Å². The molecule has 0 fully saturated rings. The number of allylic oxidation sites excluding steroid dienone is 2. The summed E-state index contributed by atoms with van der Waals surface area (Å²) >= 11 is 0. The molecule has 3 N–H and O–H groups in total. The summed E-state index contributed by atoms with van der Waals surface area (Å²) in [5.74, 6) is 1.37. The Morgan fingerprint density at radius 1 is 1.03 bits per heavy atom. The molecule has 5 heteroatoms. The van der Waals surface area contributed by atoms with E-state index in [4.69, 9.17) is 4.99 Å². The van der Waals surface area contributed by atoms with Crippen LogP contribution in [0.2, 0.25) is 0 Å². The average molecular weight is 402 g/mol. The van der Waals surface area contributed by atoms with Gasteiger partial charge in [-0.05, 0) is 67.3 Å². The van der Waals surface area contributed by atoms with Crippen LogP contribution in [-0.4, -0.2) is 12.1 Å². The molecular weight excluding hydrogens is 370 g/mol. The van der Waals surface area contributed by atoms with E-state index in [9.17, 15) is 0 Å². The van der Waals surface area contributed by atoms with Gasteiger partial charge in [-0.3, -0.25) is 10.4 Å². The van der Waals surface area contributed by atoms with Gasteiger partial charge < -0.3 is 0 Å². The lowest BCUT2D eigenvalue weighted by molar-refractivity contribution is 0.575. The van der Waals surface area contributed by atoms with E-state index in [1.165, 1.54) is 39.9 Å². The van der Waals surface area contributed by atoms with E-state index in [0.717, 1.165) is 25.1 Å². The van der Waals surface area contributed by atoms with Crippen LogP contribution in [0.4, 0.5) is 0 Å². The topological polar surface area (TPSA) is 60.8 Å². The van der Waals surface area contributed by atoms with Crippen molar-refractivity contribution in [2.75, 3.05) is 0 Å². The Labute approximate surface area is 179 Å². The second kappa shape index (κ2) is 9.26. The van der Waals surface area contributed by atoms with Crippen molar-refractivity contribution in [2.45, 2.75) is 58.3 Å². The third-order valence-electron chi connectivity index (χ3n) is 6.26. The third kappa shape index (κ3) is 4.46. The molecule has 0 aliphatic carbocycles. The van der Waals surface area contributed by atoms with Crippen LogP contribution >= 0.6 is 0 Å². The van der Waals surface area contributed by atoms with Gasteiger partial charge in [-0.1, -0.05) is 55.5 Å². The first-order valence-corrected chi connectivity index (χ1v) is 10.8. The number of amidine groups is 1. The molecule has 0 amide bonds. The summed E-state index contributed by atoms with van der Waals surface area (Å²) in [6, 6.07) is 15.6. The van der Waals surface area contributed by atoms with Crippen LogP contribution in [-0.2, 0) is 6.42 Å². The van der Waals surface area contributed by atoms with Crippen LogP contribution in [0.5, 0.6) is 0 Å². The van der Waals surface area contributed by atoms with Gasteiger partial charge in [0.25, 0.3) is 0 Å². The number of rotatable bonds is 6. The zero-order valence-electron chi connectivity index (χ0n) is 18.1. The summed E-state index contributed by atoms with van der Waals surface area (Å²) < 4.78 is 0. The Bertz CT molecular complexity index is 972. The Balaban J connectivity index is 1.61. The van der Waals surface area contributed by atoms with Gasteiger partial charge in [0, 0.05) is 23.7 Å². The van der Waals surface area contributed by atoms with Gasteiger partial charge in [0.2, 0.25) is 0 Å². The number of nitrogens with one attached hydrogen (secondary N) is 3. The molecule has 0 radical (unpaired) electrons. The molecule has 2 unspecified atom stereocenters. The van der Waals surface area contributed by atoms with Gasteiger partial charge in [-0.15, -0.1) is 10.6 Å². The van der Waals surface area contributed by atoms with Gasteiger partial charge in [0.15, 0.2) is 0 Å². The zero-order valence-corrected chi connectivity index (χ0v) is 18.1. The highest BCUT2D eigenvalue weighted by Gasteiger charge is 2.21. The molecule has 0 saturated heterocycles. The van der Waals surface area contributed by atoms with Crippen molar-refractivity contribution < 1.29 is 0 Å². The van der Waals surface area contributed by atoms with Crippen molar-refractivity contribution in [3.63, 3.8) is 0 Å². The van der Waals surface area contributed by atoms with Gasteiger partial charge in [-0.2, -0.15) is 0 Å². The Morgan fingerprint density at radius 2 is 1.87 bits per heavy atom. The number of hydrogen-bond donors (Lipinski definition) is 3. The monoisotopic (exact) mass is 401 g/mol. The van der Waals surface area contributed by atoms with E-state index in [1.807, 2.05) is 0 Å². The lowest BCUT2D eigenvalue weighted by Gasteiger charge is -2.22. The number of benzene rings is 2. The summed E-state index contributed by atoms with van der Waals surface area (Å²) in [5, 5.41) is 4.23. The van der Waals surface area contributed by atoms with Crippen molar-refractivity contribution in [2.24, 2.45) is 10.1 Å². The quantitative estimate of drug-likeness (QED) is 0.652. The minimum Gasteiger partial charge on any atom is -0.288 e. The maximum Gasteiger partial charge on any atom is 0.146 e. The third-order valence-corrected chi connectivity index (χ3v) is 6.26. The summed E-state index contributed by atoms with van der Waals surface area (Å²) in [5.41, 5.74) is 16.5. The fourth-order valence-corrected chi connectivity index (χ4v) is 4.19. The maximum absolute atomic E-state index is 4.86. The van der Waals surface area contributed by atoms with Crippen molar-refractivity contribution in [3.05, 3.63) is 82.1 Å². The number of hydrogen-bond acceptors (Lipinski definition) is 5. The molecule has 0 aromatic heterocycles. The minimum atomic E-state index is 0.200. The van der Waals surface area contributed by atoms with Gasteiger partial charge in [-0.25, -0.2) is 5.53 Å². The molecule has 2 heterocycles. The van der Waals surface area contributed by atoms with Crippen LogP contribution < -0.4 is 16.5 Å². The summed E-state index contributed by atoms with van der Waals surface area (Å²) in [4.78, 5) is 4.86. The number of aliphatic imine (C=N–C) groups is 1. The molecule has 0 saturated carbocycles. The molecule has 2 aromatic rings. The molecule has 2 aromatic carbocycles. The van der Waals surface area contributed by atoms with E-state index < -0.39 is 0 Å². The van der Waals surface area contributed by atoms with Crippen LogP contribution in [0.25, 0.3) is 0 Å². The molecule has 0 spiro atoms. The first-order chi connectivity index (χ1) is 14.6. The number of nitrogens with zero attached hydrogens (tertiary/aromatic N) is 2. The summed E-state index contributed by atoms with van der Waals surface area (Å²) in [6.07, 6.45) is 8.73. The maximum atomic E-state index is 4.86. The number of hydrazone groups is 1. The molecule has 0 bridgehead atoms. The highest BCUT2D eigenvalue weighted by Crippen LogP contribution is 2.34. The lowest BCUT2D eigenvalue weighted by Crippen LogP contribution is -2.36. The molecule has 2 atom stereocenters. The van der Waals surface area contributed by atoms with E-state index in [1.54, 1.807) is 0 Å². The van der Waals surface area contributed by atoms with Crippen molar-refractivity contribution in [1.82, 2.24) is 16.5 Å². The Morgan fingerprint density at radius 3 is 2.63 bits per heavy atom. The normalized spacial score (nSPS) is 18.0. The van der Waals surface area contributed by atoms with E-state index in [2.05, 4.69) is 97.1 Å². The Kier molecular flexibility index (Phi) is 6.29. The van der Waals surface area contributed by atoms with Crippen molar-refractivity contribution in [3.8, 4) is 0 Å². The fraction of sp³-hybridized carbons (Fsp3) is 0.360. The van der Waals surface area contributed by atoms with E-state index in [-0.39, 0.29) is 11.8 Å². The highest BCUT2D eigenvalue weighted by molar-refractivity contribution is 5.88. The number of aryl methyl sites for hydroxylation is 1. The first-order valence-electron chi connectivity index (χ1n) is 10.8. The molecule has 5 nitrogen and oxygen atoms in total. The largest absolute Gasteiger partial charge is 0.288 e. The molecule has 2 aliphatic rings. The van der Waals surface area contributed by atoms with Gasteiger partial charge in [0.05, 0.1) is 0 Å². The van der Waals surface area contributed by atoms with Gasteiger partial charge in [0.1, 0.15) is 5.84 Å². The first kappa shape index (κ1) is 20.4. The van der Waals surface area contributed by atoms with Crippen LogP contribution in [0, 0.1) is 13.8 Å². The average Bonchev–Trinajstić information content (AvgIpc) is 3.17. The SMILES string of the molecule is Cc1cccc(C(Cc2ccc(C(C)C3=NNNN3)cc2)C2=CCCCC=N2)c1C. The Hall–Kier alpha value is -2.92.